The number of rotatable bonds is 3. The van der Waals surface area contributed by atoms with E-state index in [0.717, 1.165) is 0 Å². The number of amides is 2. The number of hydrogen-bond acceptors (Lipinski definition) is 4. The molecule has 0 saturated carbocycles. The molecule has 0 bridgehead atoms. The highest BCUT2D eigenvalue weighted by Crippen LogP contribution is 2.45. The van der Waals surface area contributed by atoms with Gasteiger partial charge in [-0.15, -0.1) is 0 Å². The van der Waals surface area contributed by atoms with E-state index in [9.17, 15) is 9.59 Å². The van der Waals surface area contributed by atoms with Crippen LogP contribution in [0.4, 0.5) is 13.6 Å². The average Bonchev–Trinajstić information content (AvgIpc) is 2.89. The maximum atomic E-state index is 15.7. The van der Waals surface area contributed by atoms with Crippen molar-refractivity contribution >= 4 is 12.0 Å². The largest absolute Gasteiger partial charge is 0.433 e. The first-order valence-electron chi connectivity index (χ1n) is 9.32. The predicted octanol–water partition coefficient (Wildman–Crippen LogP) is 4.90. The minimum Gasteiger partial charge on any atom is -0.433 e. The number of carbonyl (C=O) groups is 2. The molecule has 1 heterocycles. The van der Waals surface area contributed by atoms with Gasteiger partial charge in [0.15, 0.2) is 6.10 Å². The summed E-state index contributed by atoms with van der Waals surface area (Å²) in [6, 6.07) is 22.0. The fourth-order valence-corrected chi connectivity index (χ4v) is 3.36. The summed E-state index contributed by atoms with van der Waals surface area (Å²) in [5, 5.41) is 0.518. The number of nitrogens with zero attached hydrogens (tertiary/aromatic N) is 1. The van der Waals surface area contributed by atoms with Crippen molar-refractivity contribution in [2.75, 3.05) is 0 Å². The molecular formula is C23H18F2N2O3. The van der Waals surface area contributed by atoms with E-state index in [-0.39, 0.29) is 16.7 Å². The Balaban J connectivity index is 1.80. The van der Waals surface area contributed by atoms with Gasteiger partial charge in [-0.1, -0.05) is 78.9 Å². The number of alkyl halides is 2. The van der Waals surface area contributed by atoms with Crippen LogP contribution in [-0.4, -0.2) is 22.9 Å². The molecule has 3 aromatic carbocycles. The second-order valence-corrected chi connectivity index (χ2v) is 6.83. The van der Waals surface area contributed by atoms with Gasteiger partial charge < -0.3 is 4.74 Å². The molecule has 1 aliphatic rings. The monoisotopic (exact) mass is 408 g/mol. The van der Waals surface area contributed by atoms with Gasteiger partial charge in [-0.3, -0.25) is 4.79 Å². The summed E-state index contributed by atoms with van der Waals surface area (Å²) >= 11 is 0. The van der Waals surface area contributed by atoms with Crippen molar-refractivity contribution < 1.29 is 23.1 Å². The Labute approximate surface area is 171 Å². The topological polar surface area (TPSA) is 58.6 Å². The number of cyclic esters (lactones) is 1. The number of nitrogens with one attached hydrogen (secondary N) is 1. The first-order chi connectivity index (χ1) is 14.5. The number of imide groups is 1. The smallest absolute Gasteiger partial charge is 0.432 e. The Kier molecular flexibility index (Phi) is 5.29. The molecule has 1 N–H and O–H groups in total. The Morgan fingerprint density at radius 2 is 1.33 bits per heavy atom. The maximum absolute atomic E-state index is 15.7. The summed E-state index contributed by atoms with van der Waals surface area (Å²) in [4.78, 5) is 25.7. The lowest BCUT2D eigenvalue weighted by atomic mass is 9.93. The van der Waals surface area contributed by atoms with Gasteiger partial charge >= 0.3 is 12.0 Å². The van der Waals surface area contributed by atoms with E-state index in [2.05, 4.69) is 5.43 Å². The van der Waals surface area contributed by atoms with E-state index in [1.807, 2.05) is 0 Å². The fourth-order valence-electron chi connectivity index (χ4n) is 3.36. The zero-order valence-electron chi connectivity index (χ0n) is 15.7. The van der Waals surface area contributed by atoms with E-state index in [1.54, 1.807) is 54.6 Å². The second kappa shape index (κ2) is 8.04. The molecule has 2 amide bonds. The molecule has 7 heteroatoms. The van der Waals surface area contributed by atoms with E-state index >= 15 is 8.78 Å². The molecule has 1 unspecified atom stereocenters. The van der Waals surface area contributed by atoms with E-state index in [0.29, 0.717) is 5.01 Å². The highest BCUT2D eigenvalue weighted by Gasteiger charge is 2.55. The zero-order valence-corrected chi connectivity index (χ0v) is 15.7. The van der Waals surface area contributed by atoms with E-state index < -0.39 is 30.1 Å². The van der Waals surface area contributed by atoms with Crippen LogP contribution < -0.4 is 5.43 Å². The van der Waals surface area contributed by atoms with Gasteiger partial charge in [0.05, 0.1) is 0 Å². The van der Waals surface area contributed by atoms with Gasteiger partial charge in [0.1, 0.15) is 6.04 Å². The standard InChI is InChI=1S/C23H18F2N2O3/c24-23(25)19(16-10-4-1-5-11-16)26-27(21(28)18-14-8-3-9-15-18)22(29)30-20(23)17-12-6-2-7-13-17/h1-15,19-20,26H/t19-,20?/m0/s1. The number of halogens is 2. The van der Waals surface area contributed by atoms with Crippen LogP contribution in [0.15, 0.2) is 91.0 Å². The third kappa shape index (κ3) is 3.67. The van der Waals surface area contributed by atoms with E-state index in [1.165, 1.54) is 36.4 Å². The molecule has 5 nitrogen and oxygen atoms in total. The first kappa shape index (κ1) is 19.7. The molecule has 30 heavy (non-hydrogen) atoms. The molecule has 2 atom stereocenters. The SMILES string of the molecule is O=C1OC(c2ccccc2)C(F)(F)[C@H](c2ccccc2)NN1C(=O)c1ccccc1. The molecular weight excluding hydrogens is 390 g/mol. The second-order valence-electron chi connectivity index (χ2n) is 6.83. The van der Waals surface area contributed by atoms with Crippen LogP contribution in [0.5, 0.6) is 0 Å². The van der Waals surface area contributed by atoms with Crippen LogP contribution in [0.1, 0.15) is 33.6 Å². The van der Waals surface area contributed by atoms with Crippen molar-refractivity contribution in [2.24, 2.45) is 0 Å². The number of hydrogen-bond donors (Lipinski definition) is 1. The normalized spacial score (nSPS) is 20.9. The Morgan fingerprint density at radius 3 is 1.90 bits per heavy atom. The quantitative estimate of drug-likeness (QED) is 0.670. The third-order valence-electron chi connectivity index (χ3n) is 4.85. The van der Waals surface area contributed by atoms with Gasteiger partial charge in [-0.2, -0.15) is 13.8 Å². The van der Waals surface area contributed by atoms with Crippen LogP contribution in [0.2, 0.25) is 0 Å². The van der Waals surface area contributed by atoms with Crippen LogP contribution in [0.25, 0.3) is 0 Å². The number of benzene rings is 3. The minimum atomic E-state index is -3.55. The minimum absolute atomic E-state index is 0.132. The van der Waals surface area contributed by atoms with Crippen molar-refractivity contribution in [1.82, 2.24) is 10.4 Å². The summed E-state index contributed by atoms with van der Waals surface area (Å²) < 4.78 is 36.6. The molecule has 3 aromatic rings. The summed E-state index contributed by atoms with van der Waals surface area (Å²) in [5.41, 5.74) is 2.94. The fraction of sp³-hybridized carbons (Fsp3) is 0.130. The van der Waals surface area contributed by atoms with Gasteiger partial charge in [-0.05, 0) is 23.3 Å². The molecule has 0 spiro atoms. The van der Waals surface area contributed by atoms with Gasteiger partial charge in [0.25, 0.3) is 5.91 Å². The van der Waals surface area contributed by atoms with Crippen molar-refractivity contribution in [3.63, 3.8) is 0 Å². The van der Waals surface area contributed by atoms with Crippen molar-refractivity contribution in [3.8, 4) is 0 Å². The maximum Gasteiger partial charge on any atom is 0.432 e. The molecule has 152 valence electrons. The number of hydrazine groups is 1. The van der Waals surface area contributed by atoms with Crippen LogP contribution in [0, 0.1) is 0 Å². The van der Waals surface area contributed by atoms with Gasteiger partial charge in [0, 0.05) is 5.56 Å². The molecule has 1 fully saturated rings. The molecule has 1 aliphatic heterocycles. The first-order valence-corrected chi connectivity index (χ1v) is 9.32. The molecule has 1 saturated heterocycles. The molecule has 0 aromatic heterocycles. The van der Waals surface area contributed by atoms with Gasteiger partial charge in [0.2, 0.25) is 0 Å². The predicted molar refractivity (Wildman–Crippen MR) is 106 cm³/mol. The highest BCUT2D eigenvalue weighted by atomic mass is 19.3. The van der Waals surface area contributed by atoms with E-state index in [4.69, 9.17) is 4.74 Å². The lowest BCUT2D eigenvalue weighted by molar-refractivity contribution is -0.126. The highest BCUT2D eigenvalue weighted by molar-refractivity contribution is 6.02. The van der Waals surface area contributed by atoms with Crippen LogP contribution in [0.3, 0.4) is 0 Å². The third-order valence-corrected chi connectivity index (χ3v) is 4.85. The summed E-state index contributed by atoms with van der Waals surface area (Å²) in [7, 11) is 0. The Hall–Kier alpha value is -3.58. The van der Waals surface area contributed by atoms with Crippen molar-refractivity contribution in [2.45, 2.75) is 18.1 Å². The Morgan fingerprint density at radius 1 is 0.833 bits per heavy atom. The molecule has 0 radical (unpaired) electrons. The zero-order chi connectivity index (χ0) is 21.1. The number of carbonyl (C=O) groups excluding carboxylic acids is 2. The lowest BCUT2D eigenvalue weighted by Crippen LogP contribution is -2.49. The number of ether oxygens (including phenoxy) is 1. The van der Waals surface area contributed by atoms with Crippen LogP contribution in [-0.2, 0) is 4.74 Å². The van der Waals surface area contributed by atoms with Crippen molar-refractivity contribution in [1.29, 1.82) is 0 Å². The van der Waals surface area contributed by atoms with Crippen LogP contribution >= 0.6 is 0 Å². The molecule has 0 aliphatic carbocycles. The Bertz CT molecular complexity index is 1030. The van der Waals surface area contributed by atoms with Crippen molar-refractivity contribution in [3.05, 3.63) is 108 Å². The molecule has 4 rings (SSSR count). The summed E-state index contributed by atoms with van der Waals surface area (Å²) in [6.45, 7) is 0. The lowest BCUT2D eigenvalue weighted by Gasteiger charge is -2.30. The summed E-state index contributed by atoms with van der Waals surface area (Å²) in [6.07, 6.45) is -3.08. The average molecular weight is 408 g/mol. The summed E-state index contributed by atoms with van der Waals surface area (Å²) in [5.74, 6) is -4.34. The van der Waals surface area contributed by atoms with Gasteiger partial charge in [-0.25, -0.2) is 10.2 Å².